The molecule has 0 aliphatic carbocycles. The van der Waals surface area contributed by atoms with Gasteiger partial charge in [-0.05, 0) is 12.0 Å². The summed E-state index contributed by atoms with van der Waals surface area (Å²) in [4.78, 5) is 0. The van der Waals surface area contributed by atoms with Gasteiger partial charge in [0.15, 0.2) is 0 Å². The molecule has 17 heavy (non-hydrogen) atoms. The summed E-state index contributed by atoms with van der Waals surface area (Å²) in [6.45, 7) is 3.88. The minimum atomic E-state index is 0. The van der Waals surface area contributed by atoms with Crippen molar-refractivity contribution in [2.45, 2.75) is 39.2 Å². The summed E-state index contributed by atoms with van der Waals surface area (Å²) in [5, 5.41) is 0. The largest absolute Gasteiger partial charge is 2.00 e. The van der Waals surface area contributed by atoms with E-state index in [9.17, 15) is 0 Å². The van der Waals surface area contributed by atoms with Crippen molar-refractivity contribution in [3.05, 3.63) is 35.9 Å². The van der Waals surface area contributed by atoms with Gasteiger partial charge in [0.1, 0.15) is 0 Å². The number of hydrogen-bond acceptors (Lipinski definition) is 1. The van der Waals surface area contributed by atoms with Crippen molar-refractivity contribution in [1.29, 1.82) is 0 Å². The summed E-state index contributed by atoms with van der Waals surface area (Å²) in [5.74, 6) is 0. The Bertz CT molecular complexity index is 232. The topological polar surface area (TPSA) is 9.23 Å². The fourth-order valence-corrected chi connectivity index (χ4v) is 1.40. The third-order valence-electron chi connectivity index (χ3n) is 2.25. The molecule has 0 amide bonds. The number of halogens is 2. The van der Waals surface area contributed by atoms with Crippen LogP contribution in [0.2, 0.25) is 0 Å². The van der Waals surface area contributed by atoms with E-state index in [0.29, 0.717) is 0 Å². The molecule has 0 atom stereocenters. The van der Waals surface area contributed by atoms with Crippen LogP contribution in [-0.4, -0.2) is 29.7 Å². The van der Waals surface area contributed by atoms with Gasteiger partial charge < -0.3 is 29.6 Å². The summed E-state index contributed by atoms with van der Waals surface area (Å²) in [7, 11) is 0. The zero-order valence-electron chi connectivity index (χ0n) is 10.5. The molecular weight excluding hydrogens is 267 g/mol. The Morgan fingerprint density at radius 1 is 0.941 bits per heavy atom. The minimum Gasteiger partial charge on any atom is -1.00 e. The first-order chi connectivity index (χ1) is 6.93. The molecular formula is C13H20Cl2MgO. The van der Waals surface area contributed by atoms with Crippen LogP contribution in [0, 0.1) is 0 Å². The molecule has 0 N–H and O–H groups in total. The standard InChI is InChI=1S/C13H20O.2ClH.Mg/c1-2-3-4-8-11-14-12-13-9-6-5-7-10-13;;;/h5-7,9-10H,2-4,8,11-12H2,1H3;2*1H;/q;;;+2/p-2. The molecule has 0 radical (unpaired) electrons. The van der Waals surface area contributed by atoms with Gasteiger partial charge in [0.05, 0.1) is 6.61 Å². The summed E-state index contributed by atoms with van der Waals surface area (Å²) >= 11 is 0. The summed E-state index contributed by atoms with van der Waals surface area (Å²) < 4.78 is 5.57. The summed E-state index contributed by atoms with van der Waals surface area (Å²) in [6.07, 6.45) is 5.11. The molecule has 0 bridgehead atoms. The summed E-state index contributed by atoms with van der Waals surface area (Å²) in [6, 6.07) is 10.3. The van der Waals surface area contributed by atoms with Gasteiger partial charge in [0.25, 0.3) is 0 Å². The van der Waals surface area contributed by atoms with E-state index in [1.807, 2.05) is 6.07 Å². The molecule has 4 heteroatoms. The SMILES string of the molecule is CCCCCCOCc1ccccc1.[Cl-].[Cl-].[Mg+2]. The first kappa shape index (κ1) is 22.7. The van der Waals surface area contributed by atoms with Gasteiger partial charge in [0, 0.05) is 6.61 Å². The van der Waals surface area contributed by atoms with Crippen LogP contribution in [0.15, 0.2) is 30.3 Å². The molecule has 0 aliphatic heterocycles. The Balaban J connectivity index is -0.000000653. The van der Waals surface area contributed by atoms with Crippen molar-refractivity contribution in [2.24, 2.45) is 0 Å². The second-order valence-corrected chi connectivity index (χ2v) is 3.60. The first-order valence-electron chi connectivity index (χ1n) is 5.55. The Kier molecular flexibility index (Phi) is 22.1. The molecule has 94 valence electrons. The van der Waals surface area contributed by atoms with E-state index < -0.39 is 0 Å². The summed E-state index contributed by atoms with van der Waals surface area (Å²) in [5.41, 5.74) is 1.27. The third kappa shape index (κ3) is 12.8. The van der Waals surface area contributed by atoms with Crippen molar-refractivity contribution in [3.8, 4) is 0 Å². The van der Waals surface area contributed by atoms with E-state index in [2.05, 4.69) is 31.2 Å². The average molecular weight is 288 g/mol. The first-order valence-corrected chi connectivity index (χ1v) is 5.55. The third-order valence-corrected chi connectivity index (χ3v) is 2.25. The minimum absolute atomic E-state index is 0. The Morgan fingerprint density at radius 3 is 2.18 bits per heavy atom. The zero-order valence-corrected chi connectivity index (χ0v) is 13.4. The van der Waals surface area contributed by atoms with E-state index in [1.165, 1.54) is 31.2 Å². The van der Waals surface area contributed by atoms with Crippen LogP contribution in [0.4, 0.5) is 0 Å². The quantitative estimate of drug-likeness (QED) is 0.395. The van der Waals surface area contributed by atoms with E-state index in [-0.39, 0.29) is 47.9 Å². The molecule has 0 saturated heterocycles. The maximum Gasteiger partial charge on any atom is 2.00 e. The van der Waals surface area contributed by atoms with Crippen molar-refractivity contribution in [1.82, 2.24) is 0 Å². The molecule has 0 aromatic heterocycles. The van der Waals surface area contributed by atoms with Crippen molar-refractivity contribution in [2.75, 3.05) is 6.61 Å². The van der Waals surface area contributed by atoms with Gasteiger partial charge in [-0.2, -0.15) is 0 Å². The second kappa shape index (κ2) is 16.5. The van der Waals surface area contributed by atoms with Crippen LogP contribution in [0.25, 0.3) is 0 Å². The molecule has 0 unspecified atom stereocenters. The Hall–Kier alpha value is 0.526. The molecule has 0 fully saturated rings. The van der Waals surface area contributed by atoms with Crippen LogP contribution in [-0.2, 0) is 11.3 Å². The fourth-order valence-electron chi connectivity index (χ4n) is 1.40. The number of unbranched alkanes of at least 4 members (excludes halogenated alkanes) is 3. The molecule has 0 heterocycles. The molecule has 1 aromatic carbocycles. The maximum absolute atomic E-state index is 5.57. The van der Waals surface area contributed by atoms with E-state index in [1.54, 1.807) is 0 Å². The van der Waals surface area contributed by atoms with Gasteiger partial charge in [-0.15, -0.1) is 0 Å². The molecule has 0 spiro atoms. The van der Waals surface area contributed by atoms with Crippen molar-refractivity contribution >= 4 is 23.1 Å². The zero-order chi connectivity index (χ0) is 10.1. The predicted molar refractivity (Wildman–Crippen MR) is 66.0 cm³/mol. The van der Waals surface area contributed by atoms with Crippen molar-refractivity contribution in [3.63, 3.8) is 0 Å². The van der Waals surface area contributed by atoms with Gasteiger partial charge in [-0.3, -0.25) is 0 Å². The van der Waals surface area contributed by atoms with Gasteiger partial charge >= 0.3 is 23.1 Å². The molecule has 1 aromatic rings. The predicted octanol–water partition coefficient (Wildman–Crippen LogP) is -2.59. The average Bonchev–Trinajstić information content (AvgIpc) is 2.25. The number of ether oxygens (including phenoxy) is 1. The monoisotopic (exact) mass is 286 g/mol. The second-order valence-electron chi connectivity index (χ2n) is 3.60. The van der Waals surface area contributed by atoms with E-state index >= 15 is 0 Å². The number of benzene rings is 1. The maximum atomic E-state index is 5.57. The van der Waals surface area contributed by atoms with Crippen LogP contribution in [0.1, 0.15) is 38.2 Å². The van der Waals surface area contributed by atoms with Crippen LogP contribution in [0.3, 0.4) is 0 Å². The molecule has 0 saturated carbocycles. The van der Waals surface area contributed by atoms with Crippen LogP contribution in [0.5, 0.6) is 0 Å². The van der Waals surface area contributed by atoms with Gasteiger partial charge in [-0.25, -0.2) is 0 Å². The number of rotatable bonds is 7. The van der Waals surface area contributed by atoms with Gasteiger partial charge in [-0.1, -0.05) is 56.5 Å². The molecule has 0 aliphatic rings. The van der Waals surface area contributed by atoms with Crippen molar-refractivity contribution < 1.29 is 29.6 Å². The van der Waals surface area contributed by atoms with E-state index in [4.69, 9.17) is 4.74 Å². The fraction of sp³-hybridized carbons (Fsp3) is 0.538. The normalized spacial score (nSPS) is 8.53. The molecule has 1 rings (SSSR count). The Labute approximate surface area is 134 Å². The van der Waals surface area contributed by atoms with Gasteiger partial charge in [0.2, 0.25) is 0 Å². The number of hydrogen-bond donors (Lipinski definition) is 0. The van der Waals surface area contributed by atoms with Crippen LogP contribution < -0.4 is 24.8 Å². The van der Waals surface area contributed by atoms with Crippen LogP contribution >= 0.6 is 0 Å². The smallest absolute Gasteiger partial charge is 1.00 e. The van der Waals surface area contributed by atoms with E-state index in [0.717, 1.165) is 13.2 Å². The molecule has 1 nitrogen and oxygen atoms in total. The Morgan fingerprint density at radius 2 is 1.59 bits per heavy atom.